The third kappa shape index (κ3) is 5.69. The van der Waals surface area contributed by atoms with Gasteiger partial charge in [-0.2, -0.15) is 0 Å². The van der Waals surface area contributed by atoms with E-state index in [1.54, 1.807) is 23.1 Å². The van der Waals surface area contributed by atoms with E-state index in [0.717, 1.165) is 31.4 Å². The minimum atomic E-state index is -0.794. The molecule has 0 radical (unpaired) electrons. The maximum absolute atomic E-state index is 12.7. The van der Waals surface area contributed by atoms with Crippen molar-refractivity contribution in [3.63, 3.8) is 0 Å². The maximum atomic E-state index is 12.7. The highest BCUT2D eigenvalue weighted by Gasteiger charge is 2.22. The predicted octanol–water partition coefficient (Wildman–Crippen LogP) is 3.60. The summed E-state index contributed by atoms with van der Waals surface area (Å²) >= 11 is 0. The number of furan rings is 1. The molecule has 0 spiro atoms. The predicted molar refractivity (Wildman–Crippen MR) is 105 cm³/mol. The van der Waals surface area contributed by atoms with E-state index >= 15 is 0 Å². The molecule has 0 saturated heterocycles. The molecule has 1 heterocycles. The number of carbonyl (C=O) groups excluding carboxylic acids is 2. The van der Waals surface area contributed by atoms with E-state index in [0.29, 0.717) is 5.76 Å². The van der Waals surface area contributed by atoms with Gasteiger partial charge >= 0.3 is 11.7 Å². The standard InChI is InChI=1S/C21H22N2O7/c24-20(22(13-17-9-6-12-28-17)16-7-2-1-3-8-16)14-30-21(25)15-29-19-11-5-4-10-18(19)23(26)27/h4-7,9-12H,1-3,8,13-15H2. The Labute approximate surface area is 173 Å². The first-order valence-corrected chi connectivity index (χ1v) is 9.58. The van der Waals surface area contributed by atoms with Crippen molar-refractivity contribution in [1.82, 2.24) is 4.90 Å². The van der Waals surface area contributed by atoms with E-state index < -0.39 is 24.1 Å². The highest BCUT2D eigenvalue weighted by Crippen LogP contribution is 2.26. The van der Waals surface area contributed by atoms with E-state index in [2.05, 4.69) is 0 Å². The number of rotatable bonds is 9. The van der Waals surface area contributed by atoms with Gasteiger partial charge in [0.25, 0.3) is 5.91 Å². The van der Waals surface area contributed by atoms with Crippen molar-refractivity contribution in [2.45, 2.75) is 32.2 Å². The molecule has 30 heavy (non-hydrogen) atoms. The number of nitrogens with zero attached hydrogens (tertiary/aromatic N) is 2. The highest BCUT2D eigenvalue weighted by molar-refractivity contribution is 5.82. The van der Waals surface area contributed by atoms with Gasteiger partial charge in [0.1, 0.15) is 5.76 Å². The average Bonchev–Trinajstić information content (AvgIpc) is 3.28. The largest absolute Gasteiger partial charge is 0.475 e. The zero-order valence-corrected chi connectivity index (χ0v) is 16.3. The van der Waals surface area contributed by atoms with Gasteiger partial charge in [0.05, 0.1) is 17.7 Å². The second kappa shape index (κ2) is 10.2. The number of esters is 1. The number of nitro benzene ring substituents is 1. The van der Waals surface area contributed by atoms with Crippen LogP contribution in [-0.4, -0.2) is 34.9 Å². The minimum absolute atomic E-state index is 0.0439. The Hall–Kier alpha value is -3.62. The number of hydrogen-bond donors (Lipinski definition) is 0. The summed E-state index contributed by atoms with van der Waals surface area (Å²) in [4.78, 5) is 36.7. The number of ether oxygens (including phenoxy) is 2. The molecule has 0 unspecified atom stereocenters. The van der Waals surface area contributed by atoms with Crippen molar-refractivity contribution >= 4 is 17.6 Å². The summed E-state index contributed by atoms with van der Waals surface area (Å²) in [7, 11) is 0. The summed E-state index contributed by atoms with van der Waals surface area (Å²) in [5.74, 6) is -0.589. The average molecular weight is 414 g/mol. The molecule has 158 valence electrons. The van der Waals surface area contributed by atoms with E-state index in [-0.39, 0.29) is 23.9 Å². The summed E-state index contributed by atoms with van der Waals surface area (Å²) in [5.41, 5.74) is 0.630. The molecular weight excluding hydrogens is 392 g/mol. The normalized spacial score (nSPS) is 13.3. The third-order valence-corrected chi connectivity index (χ3v) is 4.57. The Kier molecular flexibility index (Phi) is 7.20. The van der Waals surface area contributed by atoms with Crippen molar-refractivity contribution in [1.29, 1.82) is 0 Å². The van der Waals surface area contributed by atoms with Gasteiger partial charge in [-0.1, -0.05) is 18.2 Å². The fourth-order valence-corrected chi connectivity index (χ4v) is 3.10. The lowest BCUT2D eigenvalue weighted by molar-refractivity contribution is -0.385. The van der Waals surface area contributed by atoms with Crippen LogP contribution in [0.4, 0.5) is 5.69 Å². The number of para-hydroxylation sites is 2. The number of nitro groups is 1. The van der Waals surface area contributed by atoms with Crippen molar-refractivity contribution in [3.05, 3.63) is 70.3 Å². The molecule has 0 fully saturated rings. The van der Waals surface area contributed by atoms with Gasteiger partial charge < -0.3 is 18.8 Å². The third-order valence-electron chi connectivity index (χ3n) is 4.57. The number of hydrogen-bond acceptors (Lipinski definition) is 7. The first-order chi connectivity index (χ1) is 14.5. The van der Waals surface area contributed by atoms with Crippen molar-refractivity contribution in [2.24, 2.45) is 0 Å². The molecule has 3 rings (SSSR count). The topological polar surface area (TPSA) is 112 Å². The lowest BCUT2D eigenvalue weighted by atomic mass is 10.0. The van der Waals surface area contributed by atoms with Crippen molar-refractivity contribution in [2.75, 3.05) is 13.2 Å². The second-order valence-corrected chi connectivity index (χ2v) is 6.67. The number of benzene rings is 1. The lowest BCUT2D eigenvalue weighted by Gasteiger charge is -2.26. The fraction of sp³-hybridized carbons (Fsp3) is 0.333. The molecule has 9 heteroatoms. The minimum Gasteiger partial charge on any atom is -0.475 e. The van der Waals surface area contributed by atoms with Crippen LogP contribution in [0.5, 0.6) is 5.75 Å². The van der Waals surface area contributed by atoms with Crippen LogP contribution in [0.3, 0.4) is 0 Å². The van der Waals surface area contributed by atoms with E-state index in [9.17, 15) is 19.7 Å². The smallest absolute Gasteiger partial charge is 0.344 e. The summed E-state index contributed by atoms with van der Waals surface area (Å²) < 4.78 is 15.6. The summed E-state index contributed by atoms with van der Waals surface area (Å²) in [6.45, 7) is -0.752. The van der Waals surface area contributed by atoms with Gasteiger partial charge in [-0.15, -0.1) is 0 Å². The number of carbonyl (C=O) groups is 2. The molecule has 1 amide bonds. The van der Waals surface area contributed by atoms with Crippen LogP contribution in [0.25, 0.3) is 0 Å². The van der Waals surface area contributed by atoms with Crippen molar-refractivity contribution < 1.29 is 28.4 Å². The van der Waals surface area contributed by atoms with Crippen LogP contribution in [-0.2, 0) is 20.9 Å². The second-order valence-electron chi connectivity index (χ2n) is 6.67. The molecule has 0 aliphatic heterocycles. The van der Waals surface area contributed by atoms with Gasteiger partial charge in [-0.3, -0.25) is 14.9 Å². The Morgan fingerprint density at radius 3 is 2.67 bits per heavy atom. The van der Waals surface area contributed by atoms with Gasteiger partial charge in [-0.25, -0.2) is 4.79 Å². The van der Waals surface area contributed by atoms with Gasteiger partial charge in [0.2, 0.25) is 0 Å². The van der Waals surface area contributed by atoms with E-state index in [1.165, 1.54) is 24.5 Å². The Bertz CT molecular complexity index is 921. The first-order valence-electron chi connectivity index (χ1n) is 9.58. The van der Waals surface area contributed by atoms with Crippen LogP contribution in [0.15, 0.2) is 58.9 Å². The van der Waals surface area contributed by atoms with Gasteiger partial charge in [0, 0.05) is 11.8 Å². The molecule has 0 atom stereocenters. The van der Waals surface area contributed by atoms with Gasteiger partial charge in [-0.05, 0) is 43.9 Å². The van der Waals surface area contributed by atoms with Crippen LogP contribution < -0.4 is 4.74 Å². The maximum Gasteiger partial charge on any atom is 0.344 e. The van der Waals surface area contributed by atoms with Crippen LogP contribution in [0.1, 0.15) is 31.4 Å². The fourth-order valence-electron chi connectivity index (χ4n) is 3.10. The summed E-state index contributed by atoms with van der Waals surface area (Å²) in [6.07, 6.45) is 7.26. The number of allylic oxidation sites excluding steroid dienone is 2. The molecule has 1 aromatic heterocycles. The molecule has 0 N–H and O–H groups in total. The quantitative estimate of drug-likeness (QED) is 0.350. The Balaban J connectivity index is 1.56. The van der Waals surface area contributed by atoms with E-state index in [4.69, 9.17) is 13.9 Å². The monoisotopic (exact) mass is 414 g/mol. The molecular formula is C21H22N2O7. The van der Waals surface area contributed by atoms with Gasteiger partial charge in [0.15, 0.2) is 19.0 Å². The molecule has 0 saturated carbocycles. The number of amides is 1. The summed E-state index contributed by atoms with van der Waals surface area (Å²) in [5, 5.41) is 11.0. The van der Waals surface area contributed by atoms with Crippen LogP contribution in [0, 0.1) is 10.1 Å². The summed E-state index contributed by atoms with van der Waals surface area (Å²) in [6, 6.07) is 9.23. The van der Waals surface area contributed by atoms with E-state index in [1.807, 2.05) is 6.08 Å². The molecule has 1 aromatic carbocycles. The zero-order valence-electron chi connectivity index (χ0n) is 16.3. The Morgan fingerprint density at radius 2 is 1.97 bits per heavy atom. The van der Waals surface area contributed by atoms with Crippen LogP contribution in [0.2, 0.25) is 0 Å². The van der Waals surface area contributed by atoms with Crippen LogP contribution >= 0.6 is 0 Å². The SMILES string of the molecule is O=C(COc1ccccc1[N+](=O)[O-])OCC(=O)N(Cc1ccco1)C1=CCCCC1. The molecule has 0 bridgehead atoms. The zero-order chi connectivity index (χ0) is 21.3. The lowest BCUT2D eigenvalue weighted by Crippen LogP contribution is -2.34. The molecule has 1 aliphatic carbocycles. The first kappa shape index (κ1) is 21.1. The van der Waals surface area contributed by atoms with Crippen molar-refractivity contribution in [3.8, 4) is 5.75 Å². The molecule has 2 aromatic rings. The highest BCUT2D eigenvalue weighted by atomic mass is 16.6. The molecule has 9 nitrogen and oxygen atoms in total. The molecule has 1 aliphatic rings. The Morgan fingerprint density at radius 1 is 1.13 bits per heavy atom.